The zero-order chi connectivity index (χ0) is 27.5. The highest BCUT2D eigenvalue weighted by molar-refractivity contribution is 7.89. The van der Waals surface area contributed by atoms with E-state index in [0.29, 0.717) is 44.7 Å². The molecule has 0 saturated carbocycles. The van der Waals surface area contributed by atoms with Gasteiger partial charge in [0.15, 0.2) is 0 Å². The Labute approximate surface area is 227 Å². The molecular weight excluding hydrogens is 520 g/mol. The summed E-state index contributed by atoms with van der Waals surface area (Å²) < 4.78 is 35.3. The summed E-state index contributed by atoms with van der Waals surface area (Å²) in [5, 5.41) is 10.6. The molecule has 11 nitrogen and oxygen atoms in total. The number of rotatable bonds is 2. The fourth-order valence-electron chi connectivity index (χ4n) is 5.24. The van der Waals surface area contributed by atoms with Gasteiger partial charge in [-0.05, 0) is 43.7 Å². The largest absolute Gasteiger partial charge is 0.492 e. The summed E-state index contributed by atoms with van der Waals surface area (Å²) in [7, 11) is -2.05. The van der Waals surface area contributed by atoms with Crippen LogP contribution >= 0.6 is 0 Å². The van der Waals surface area contributed by atoms with Crippen molar-refractivity contribution >= 4 is 15.9 Å². The Morgan fingerprint density at radius 2 is 1.90 bits per heavy atom. The molecule has 1 amide bonds. The standard InChI is InChI=1S/C27H32N6O5S/c1-32-17-22(34)15-31-39(36,37)25-5-4-20(21-3-2-8-28-14-21)13-24(25)38-19-27(18-32)6-11-33(12-7-27)26(35)23-16-29-9-10-30-23/h2-5,8-10,13-14,16,22,31,34H,6-7,11-12,15,17-19H2,1H3. The third-order valence-corrected chi connectivity index (χ3v) is 8.76. The molecule has 2 aromatic heterocycles. The van der Waals surface area contributed by atoms with Crippen LogP contribution in [-0.2, 0) is 10.0 Å². The molecule has 4 heterocycles. The summed E-state index contributed by atoms with van der Waals surface area (Å²) >= 11 is 0. The van der Waals surface area contributed by atoms with Gasteiger partial charge in [0.2, 0.25) is 10.0 Å². The predicted octanol–water partition coefficient (Wildman–Crippen LogP) is 1.42. The molecule has 12 heteroatoms. The Bertz CT molecular complexity index is 1400. The first-order chi connectivity index (χ1) is 18.7. The van der Waals surface area contributed by atoms with Crippen molar-refractivity contribution < 1.29 is 23.1 Å². The lowest BCUT2D eigenvalue weighted by Crippen LogP contribution is -2.51. The number of hydrogen-bond acceptors (Lipinski definition) is 9. The minimum Gasteiger partial charge on any atom is -0.492 e. The molecule has 3 aromatic rings. The van der Waals surface area contributed by atoms with Crippen molar-refractivity contribution in [1.82, 2.24) is 29.5 Å². The van der Waals surface area contributed by atoms with E-state index < -0.39 is 16.1 Å². The number of pyridine rings is 1. The normalized spacial score (nSPS) is 21.7. The van der Waals surface area contributed by atoms with Crippen molar-refractivity contribution in [2.45, 2.75) is 23.8 Å². The number of likely N-dealkylation sites (N-methyl/N-ethyl adjacent to an activating group) is 1. The SMILES string of the molecule is CN1CC(O)CNS(=O)(=O)c2ccc(-c3cccnc3)cc2OCC2(CCN(C(=O)c3cnccn3)CC2)C1. The van der Waals surface area contributed by atoms with Gasteiger partial charge in [-0.15, -0.1) is 0 Å². The van der Waals surface area contributed by atoms with E-state index in [1.807, 2.05) is 24.1 Å². The first kappa shape index (κ1) is 27.1. The van der Waals surface area contributed by atoms with E-state index in [-0.39, 0.29) is 35.1 Å². The second-order valence-electron chi connectivity index (χ2n) is 10.3. The summed E-state index contributed by atoms with van der Waals surface area (Å²) in [6.07, 6.45) is 8.27. The third-order valence-electron chi connectivity index (χ3n) is 7.29. The quantitative estimate of drug-likeness (QED) is 0.483. The predicted molar refractivity (Wildman–Crippen MR) is 143 cm³/mol. The number of ether oxygens (including phenoxy) is 1. The molecule has 206 valence electrons. The van der Waals surface area contributed by atoms with Crippen LogP contribution in [0.15, 0.2) is 66.2 Å². The lowest BCUT2D eigenvalue weighted by atomic mass is 9.78. The van der Waals surface area contributed by atoms with E-state index in [1.54, 1.807) is 29.4 Å². The Balaban J connectivity index is 1.44. The van der Waals surface area contributed by atoms with Gasteiger partial charge in [-0.1, -0.05) is 12.1 Å². The van der Waals surface area contributed by atoms with Crippen molar-refractivity contribution in [3.8, 4) is 16.9 Å². The summed E-state index contributed by atoms with van der Waals surface area (Å²) in [4.78, 5) is 29.1. The van der Waals surface area contributed by atoms with E-state index in [4.69, 9.17) is 4.74 Å². The average molecular weight is 553 g/mol. The Hall–Kier alpha value is -3.45. The van der Waals surface area contributed by atoms with Crippen LogP contribution in [0.2, 0.25) is 0 Å². The van der Waals surface area contributed by atoms with Crippen molar-refractivity contribution in [2.75, 3.05) is 46.4 Å². The van der Waals surface area contributed by atoms with Gasteiger partial charge in [-0.3, -0.25) is 14.8 Å². The summed E-state index contributed by atoms with van der Waals surface area (Å²) in [5.74, 6) is 0.0680. The lowest BCUT2D eigenvalue weighted by Gasteiger charge is -2.44. The van der Waals surface area contributed by atoms with Gasteiger partial charge in [0, 0.05) is 68.5 Å². The second-order valence-corrected chi connectivity index (χ2v) is 12.0. The maximum Gasteiger partial charge on any atom is 0.274 e. The Morgan fingerprint density at radius 3 is 2.62 bits per heavy atom. The van der Waals surface area contributed by atoms with Crippen molar-refractivity contribution in [1.29, 1.82) is 0 Å². The number of aromatic nitrogens is 3. The highest BCUT2D eigenvalue weighted by atomic mass is 32.2. The fourth-order valence-corrected chi connectivity index (χ4v) is 6.43. The molecule has 1 spiro atoms. The van der Waals surface area contributed by atoms with Crippen LogP contribution in [0.25, 0.3) is 11.1 Å². The van der Waals surface area contributed by atoms with Gasteiger partial charge < -0.3 is 19.6 Å². The zero-order valence-electron chi connectivity index (χ0n) is 21.7. The first-order valence-electron chi connectivity index (χ1n) is 12.8. The number of amides is 1. The van der Waals surface area contributed by atoms with Gasteiger partial charge in [-0.2, -0.15) is 0 Å². The highest BCUT2D eigenvalue weighted by Gasteiger charge is 2.39. The number of carbonyl (C=O) groups excluding carboxylic acids is 1. The van der Waals surface area contributed by atoms with Crippen LogP contribution in [0.1, 0.15) is 23.3 Å². The van der Waals surface area contributed by atoms with Crippen LogP contribution in [0, 0.1) is 5.41 Å². The Morgan fingerprint density at radius 1 is 1.10 bits per heavy atom. The monoisotopic (exact) mass is 552 g/mol. The number of carbonyl (C=O) groups is 1. The number of β-amino-alcohol motifs (C(OH)–C–C–N with tert-alkyl or cyclic N) is 1. The van der Waals surface area contributed by atoms with Crippen LogP contribution < -0.4 is 9.46 Å². The molecule has 1 fully saturated rings. The number of hydrogen-bond donors (Lipinski definition) is 2. The van der Waals surface area contributed by atoms with Gasteiger partial charge >= 0.3 is 0 Å². The smallest absolute Gasteiger partial charge is 0.274 e. The number of sulfonamides is 1. The number of likely N-dealkylation sites (tertiary alicyclic amines) is 1. The van der Waals surface area contributed by atoms with Crippen molar-refractivity contribution in [3.63, 3.8) is 0 Å². The third kappa shape index (κ3) is 6.25. The number of fused-ring (bicyclic) bond motifs is 1. The number of nitrogens with zero attached hydrogens (tertiary/aromatic N) is 5. The summed E-state index contributed by atoms with van der Waals surface area (Å²) in [5.41, 5.74) is 1.55. The number of piperidine rings is 1. The van der Waals surface area contributed by atoms with Gasteiger partial charge in [0.1, 0.15) is 16.3 Å². The molecule has 1 atom stereocenters. The van der Waals surface area contributed by atoms with Crippen molar-refractivity contribution in [3.05, 3.63) is 67.0 Å². The minimum absolute atomic E-state index is 0.0154. The molecule has 39 heavy (non-hydrogen) atoms. The van der Waals surface area contributed by atoms with E-state index in [1.165, 1.54) is 24.7 Å². The number of benzene rings is 1. The van der Waals surface area contributed by atoms with Crippen LogP contribution in [-0.4, -0.2) is 96.7 Å². The van der Waals surface area contributed by atoms with E-state index in [9.17, 15) is 18.3 Å². The van der Waals surface area contributed by atoms with Gasteiger partial charge in [0.05, 0.1) is 18.9 Å². The maximum atomic E-state index is 13.2. The number of nitrogens with one attached hydrogen (secondary N) is 1. The topological polar surface area (TPSA) is 138 Å². The first-order valence-corrected chi connectivity index (χ1v) is 14.3. The van der Waals surface area contributed by atoms with Crippen LogP contribution in [0.5, 0.6) is 5.75 Å². The molecule has 0 aliphatic carbocycles. The molecule has 0 bridgehead atoms. The zero-order valence-corrected chi connectivity index (χ0v) is 22.5. The molecule has 2 aliphatic heterocycles. The molecule has 2 N–H and O–H groups in total. The molecular formula is C27H32N6O5S. The van der Waals surface area contributed by atoms with E-state index >= 15 is 0 Å². The van der Waals surface area contributed by atoms with E-state index in [0.717, 1.165) is 11.1 Å². The summed E-state index contributed by atoms with van der Waals surface area (Å²) in [6.45, 7) is 2.03. The van der Waals surface area contributed by atoms with Crippen molar-refractivity contribution in [2.24, 2.45) is 5.41 Å². The molecule has 0 radical (unpaired) electrons. The maximum absolute atomic E-state index is 13.2. The molecule has 1 aromatic carbocycles. The van der Waals surface area contributed by atoms with E-state index in [2.05, 4.69) is 19.7 Å². The number of aliphatic hydroxyl groups is 1. The van der Waals surface area contributed by atoms with Crippen LogP contribution in [0.3, 0.4) is 0 Å². The average Bonchev–Trinajstić information content (AvgIpc) is 2.95. The fraction of sp³-hybridized carbons (Fsp3) is 0.407. The second kappa shape index (κ2) is 11.3. The highest BCUT2D eigenvalue weighted by Crippen LogP contribution is 2.36. The summed E-state index contributed by atoms with van der Waals surface area (Å²) in [6, 6.07) is 8.68. The van der Waals surface area contributed by atoms with Gasteiger partial charge in [0.25, 0.3) is 5.91 Å². The molecule has 2 aliphatic rings. The molecule has 5 rings (SSSR count). The minimum atomic E-state index is -3.95. The number of aliphatic hydroxyl groups excluding tert-OH is 1. The van der Waals surface area contributed by atoms with Crippen LogP contribution in [0.4, 0.5) is 0 Å². The lowest BCUT2D eigenvalue weighted by molar-refractivity contribution is 0.0157. The van der Waals surface area contributed by atoms with Gasteiger partial charge in [-0.25, -0.2) is 18.1 Å². The molecule has 1 saturated heterocycles. The Kier molecular flexibility index (Phi) is 7.89. The molecule has 1 unspecified atom stereocenters.